The first kappa shape index (κ1) is 32.7. The number of ether oxygens (including phenoxy) is 1. The average Bonchev–Trinajstić information content (AvgIpc) is 3.37. The molecule has 2 aromatic carbocycles. The summed E-state index contributed by atoms with van der Waals surface area (Å²) in [6, 6.07) is 16.0. The Labute approximate surface area is 304 Å². The summed E-state index contributed by atoms with van der Waals surface area (Å²) in [4.78, 5) is 28.0. The molecule has 2 fully saturated rings. The number of amidine groups is 1. The summed E-state index contributed by atoms with van der Waals surface area (Å²) in [5.74, 6) is 1.08. The van der Waals surface area contributed by atoms with E-state index in [4.69, 9.17) is 9.57 Å². The van der Waals surface area contributed by atoms with Crippen molar-refractivity contribution in [3.8, 4) is 11.1 Å². The molecule has 45 heavy (non-hydrogen) atoms. The molecule has 1 unspecified atom stereocenters. The summed E-state index contributed by atoms with van der Waals surface area (Å²) in [5, 5.41) is 24.4. The number of nitrogens with one attached hydrogen (secondary N) is 1. The average molecular weight is 638 g/mol. The number of aryl methyl sites for hydroxylation is 1. The Morgan fingerprint density at radius 2 is 1.80 bits per heavy atom. The first-order chi connectivity index (χ1) is 21.4. The number of fused-ring (bicyclic) bond motifs is 1. The van der Waals surface area contributed by atoms with Crippen molar-refractivity contribution < 1.29 is 71.2 Å². The summed E-state index contributed by atoms with van der Waals surface area (Å²) >= 11 is 0. The van der Waals surface area contributed by atoms with Gasteiger partial charge in [-0.15, -0.1) is 0 Å². The Hall–Kier alpha value is -2.26. The number of hydrogen-bond acceptors (Lipinski definition) is 9. The number of aliphatic imine (C=N–C) groups is 1. The van der Waals surface area contributed by atoms with Crippen LogP contribution in [0.5, 0.6) is 0 Å². The molecule has 1 aliphatic heterocycles. The van der Waals surface area contributed by atoms with Crippen molar-refractivity contribution in [3.05, 3.63) is 87.6 Å². The number of aliphatic hydroxyl groups is 2. The molecular weight excluding hydrogens is 599 g/mol. The predicted molar refractivity (Wildman–Crippen MR) is 164 cm³/mol. The van der Waals surface area contributed by atoms with Gasteiger partial charge in [0.05, 0.1) is 24.0 Å². The van der Waals surface area contributed by atoms with E-state index < -0.39 is 12.0 Å². The molecule has 0 saturated heterocycles. The van der Waals surface area contributed by atoms with E-state index in [-0.39, 0.29) is 69.1 Å². The van der Waals surface area contributed by atoms with Gasteiger partial charge in [-0.2, -0.15) is 10.1 Å². The molecule has 7 rings (SSSR count). The van der Waals surface area contributed by atoms with Gasteiger partial charge in [-0.1, -0.05) is 61.9 Å². The smallest absolute Gasteiger partial charge is 0.387 e. The molecule has 0 bridgehead atoms. The molecule has 3 N–H and O–H groups in total. The Balaban J connectivity index is 0.00000357. The molecule has 2 aliphatic carbocycles. The molecule has 3 heterocycles. The van der Waals surface area contributed by atoms with Crippen molar-refractivity contribution >= 4 is 11.6 Å². The maximum Gasteiger partial charge on any atom is 1.00 e. The van der Waals surface area contributed by atoms with Gasteiger partial charge < -0.3 is 14.9 Å². The summed E-state index contributed by atoms with van der Waals surface area (Å²) in [5.41, 5.74) is 7.53. The van der Waals surface area contributed by atoms with Gasteiger partial charge in [-0.3, -0.25) is 9.36 Å². The maximum absolute atomic E-state index is 14.3. The van der Waals surface area contributed by atoms with E-state index >= 15 is 0 Å². The molecule has 230 valence electrons. The quantitative estimate of drug-likeness (QED) is 0.216. The van der Waals surface area contributed by atoms with Gasteiger partial charge in [0.2, 0.25) is 5.78 Å². The number of hydrogen-bond donors (Lipinski definition) is 3. The van der Waals surface area contributed by atoms with Gasteiger partial charge in [0.25, 0.3) is 12.0 Å². The van der Waals surface area contributed by atoms with E-state index in [0.29, 0.717) is 24.6 Å². The number of hydroxylamine groups is 1. The minimum Gasteiger partial charge on any atom is -0.387 e. The van der Waals surface area contributed by atoms with E-state index in [2.05, 4.69) is 39.6 Å². The van der Waals surface area contributed by atoms with Gasteiger partial charge in [0, 0.05) is 23.6 Å². The fourth-order valence-electron chi connectivity index (χ4n) is 6.45. The fraction of sp³-hybridized carbons (Fsp3) is 0.455. The van der Waals surface area contributed by atoms with Crippen LogP contribution in [0.4, 0.5) is 0 Å². The number of benzene rings is 2. The zero-order chi connectivity index (χ0) is 30.3. The molecule has 12 heteroatoms. The summed E-state index contributed by atoms with van der Waals surface area (Å²) in [6.45, 7) is 2.51. The zero-order valence-electron chi connectivity index (χ0n) is 25.9. The van der Waals surface area contributed by atoms with E-state index in [0.717, 1.165) is 84.9 Å². The number of aliphatic hydroxyl groups excluding tert-OH is 1. The number of rotatable bonds is 10. The molecule has 4 aromatic rings. The van der Waals surface area contributed by atoms with E-state index in [1.54, 1.807) is 6.33 Å². The van der Waals surface area contributed by atoms with Gasteiger partial charge in [-0.25, -0.2) is 19.8 Å². The number of aromatic nitrogens is 4. The molecular formula is C33H38KN6O5+. The van der Waals surface area contributed by atoms with Crippen molar-refractivity contribution in [1.29, 1.82) is 0 Å². The van der Waals surface area contributed by atoms with Crippen molar-refractivity contribution in [1.82, 2.24) is 24.6 Å². The largest absolute Gasteiger partial charge is 1.00 e. The minimum atomic E-state index is -1.23. The first-order valence-electron chi connectivity index (χ1n) is 15.6. The zero-order valence-corrected chi connectivity index (χ0v) is 29.0. The predicted octanol–water partition coefficient (Wildman–Crippen LogP) is 0.688. The van der Waals surface area contributed by atoms with Crippen LogP contribution in [0.3, 0.4) is 0 Å². The molecule has 2 aromatic heterocycles. The Kier molecular flexibility index (Phi) is 10.0. The van der Waals surface area contributed by atoms with Gasteiger partial charge >= 0.3 is 51.4 Å². The third-order valence-corrected chi connectivity index (χ3v) is 9.07. The normalized spacial score (nSPS) is 22.1. The maximum atomic E-state index is 14.3. The van der Waals surface area contributed by atoms with Crippen molar-refractivity contribution in [2.45, 2.75) is 88.9 Å². The second-order valence-corrected chi connectivity index (χ2v) is 12.2. The van der Waals surface area contributed by atoms with Gasteiger partial charge in [-0.05, 0) is 61.6 Å². The fourth-order valence-corrected chi connectivity index (χ4v) is 6.45. The van der Waals surface area contributed by atoms with Crippen LogP contribution in [0.25, 0.3) is 16.9 Å². The molecule has 3 aliphatic rings. The summed E-state index contributed by atoms with van der Waals surface area (Å²) in [7, 11) is 0. The molecule has 11 nitrogen and oxygen atoms in total. The Bertz CT molecular complexity index is 1740. The minimum absolute atomic E-state index is 0. The van der Waals surface area contributed by atoms with Crippen molar-refractivity contribution in [2.24, 2.45) is 4.99 Å². The summed E-state index contributed by atoms with van der Waals surface area (Å²) < 4.78 is 9.76. The second kappa shape index (κ2) is 13.8. The SMILES string of the molecule is CCCc1c(Cc2ccc(-c3ccccc3C3=NC(O)ON3)cc2)c(=O)n(C2CCC(OCC3(O)CC3)CC2)c2ncnn12.[K+]. The van der Waals surface area contributed by atoms with Crippen LogP contribution >= 0.6 is 0 Å². The van der Waals surface area contributed by atoms with E-state index in [1.807, 2.05) is 45.5 Å². The van der Waals surface area contributed by atoms with Crippen molar-refractivity contribution in [2.75, 3.05) is 6.61 Å². The van der Waals surface area contributed by atoms with Crippen molar-refractivity contribution in [3.63, 3.8) is 0 Å². The van der Waals surface area contributed by atoms with Crippen LogP contribution in [0.15, 0.2) is 64.6 Å². The molecule has 0 spiro atoms. The van der Waals surface area contributed by atoms with Gasteiger partial charge in [0.1, 0.15) is 6.33 Å². The molecule has 0 radical (unpaired) electrons. The number of nitrogens with zero attached hydrogens (tertiary/aromatic N) is 5. The van der Waals surface area contributed by atoms with Gasteiger partial charge in [0.15, 0.2) is 5.84 Å². The van der Waals surface area contributed by atoms with E-state index in [9.17, 15) is 15.0 Å². The van der Waals surface area contributed by atoms with E-state index in [1.165, 1.54) is 0 Å². The Morgan fingerprint density at radius 1 is 1.07 bits per heavy atom. The third kappa shape index (κ3) is 6.90. The molecule has 0 amide bonds. The first-order valence-corrected chi connectivity index (χ1v) is 15.6. The second-order valence-electron chi connectivity index (χ2n) is 12.2. The standard InChI is InChI=1S/C33H38N6O5.K/c1-2-5-28-27(18-21-8-10-22(11-9-21)25-6-3-4-7-26(25)29-36-32(41)44-37-29)30(40)38(31-34-20-35-39(28)31)23-12-14-24(15-13-23)43-19-33(42)16-17-33;/h3-4,6-11,20,23-24,32,41-42H,2,5,12-19H2,1H3,(H,36,37);/q;+1. The van der Waals surface area contributed by atoms with Crippen LogP contribution in [0.2, 0.25) is 0 Å². The third-order valence-electron chi connectivity index (χ3n) is 9.07. The van der Waals surface area contributed by atoms with Crippen LogP contribution in [-0.4, -0.2) is 59.9 Å². The van der Waals surface area contributed by atoms with Crippen LogP contribution in [0, 0.1) is 0 Å². The Morgan fingerprint density at radius 3 is 2.47 bits per heavy atom. The van der Waals surface area contributed by atoms with Crippen LogP contribution in [-0.2, 0) is 22.4 Å². The molecule has 2 saturated carbocycles. The topological polar surface area (TPSA) is 136 Å². The molecule has 1 atom stereocenters. The summed E-state index contributed by atoms with van der Waals surface area (Å²) in [6.07, 6.45) is 7.46. The van der Waals surface area contributed by atoms with Crippen LogP contribution < -0.4 is 62.4 Å². The monoisotopic (exact) mass is 637 g/mol. The van der Waals surface area contributed by atoms with Crippen LogP contribution in [0.1, 0.15) is 80.3 Å².